The van der Waals surface area contributed by atoms with Crippen LogP contribution in [0.5, 0.6) is 0 Å². The van der Waals surface area contributed by atoms with E-state index in [9.17, 15) is 9.59 Å². The number of carbonyl (C=O) groups is 2. The lowest BCUT2D eigenvalue weighted by molar-refractivity contribution is -0.142. The summed E-state index contributed by atoms with van der Waals surface area (Å²) in [5.74, 6) is -0.463. The van der Waals surface area contributed by atoms with Gasteiger partial charge in [-0.2, -0.15) is 0 Å². The van der Waals surface area contributed by atoms with Gasteiger partial charge < -0.3 is 4.74 Å². The maximum atomic E-state index is 11.0. The number of ketones is 1. The number of Topliss-reactive ketones (excluding diaryl/α,β-unsaturated/α-hetero) is 1. The normalized spacial score (nSPS) is 9.57. The van der Waals surface area contributed by atoms with Gasteiger partial charge in [-0.3, -0.25) is 9.59 Å². The van der Waals surface area contributed by atoms with Crippen LogP contribution in [-0.2, 0) is 16.1 Å². The van der Waals surface area contributed by atoms with Gasteiger partial charge in [0.25, 0.3) is 0 Å². The van der Waals surface area contributed by atoms with Crippen molar-refractivity contribution in [2.75, 3.05) is 0 Å². The molecule has 0 aromatic carbocycles. The number of hydrogen-bond acceptors (Lipinski definition) is 4. The molecule has 0 saturated heterocycles. The lowest BCUT2D eigenvalue weighted by Crippen LogP contribution is -2.04. The third-order valence-electron chi connectivity index (χ3n) is 1.59. The van der Waals surface area contributed by atoms with Gasteiger partial charge in [-0.05, 0) is 12.1 Å². The van der Waals surface area contributed by atoms with E-state index in [1.54, 1.807) is 18.2 Å². The molecular formula is C10H11NO3. The summed E-state index contributed by atoms with van der Waals surface area (Å²) in [6, 6.07) is 5.04. The SMILES string of the molecule is CC(=O)OCc1cccc(C(C)=O)n1. The van der Waals surface area contributed by atoms with E-state index in [0.29, 0.717) is 11.4 Å². The highest BCUT2D eigenvalue weighted by Crippen LogP contribution is 2.02. The molecule has 0 atom stereocenters. The Morgan fingerprint density at radius 1 is 1.36 bits per heavy atom. The molecule has 0 unspecified atom stereocenters. The minimum absolute atomic E-state index is 0.102. The molecule has 4 nitrogen and oxygen atoms in total. The molecule has 74 valence electrons. The van der Waals surface area contributed by atoms with Crippen LogP contribution in [-0.4, -0.2) is 16.7 Å². The third kappa shape index (κ3) is 2.97. The van der Waals surface area contributed by atoms with Crippen LogP contribution in [0.15, 0.2) is 18.2 Å². The molecule has 0 radical (unpaired) electrons. The van der Waals surface area contributed by atoms with Crippen LogP contribution in [0.1, 0.15) is 30.0 Å². The Hall–Kier alpha value is -1.71. The fraction of sp³-hybridized carbons (Fsp3) is 0.300. The van der Waals surface area contributed by atoms with Gasteiger partial charge in [0.1, 0.15) is 12.3 Å². The Morgan fingerprint density at radius 3 is 2.64 bits per heavy atom. The molecule has 0 fully saturated rings. The number of aromatic nitrogens is 1. The van der Waals surface area contributed by atoms with Crippen molar-refractivity contribution in [3.63, 3.8) is 0 Å². The summed E-state index contributed by atoms with van der Waals surface area (Å²) in [5.41, 5.74) is 0.961. The maximum absolute atomic E-state index is 11.0. The Bertz CT molecular complexity index is 360. The van der Waals surface area contributed by atoms with Crippen molar-refractivity contribution >= 4 is 11.8 Å². The van der Waals surface area contributed by atoms with E-state index in [1.807, 2.05) is 0 Å². The van der Waals surface area contributed by atoms with Gasteiger partial charge in [0.05, 0.1) is 5.69 Å². The molecule has 1 aromatic rings. The van der Waals surface area contributed by atoms with Crippen LogP contribution in [0.2, 0.25) is 0 Å². The van der Waals surface area contributed by atoms with Crippen molar-refractivity contribution in [2.24, 2.45) is 0 Å². The number of ether oxygens (including phenoxy) is 1. The Kier molecular flexibility index (Phi) is 3.34. The quantitative estimate of drug-likeness (QED) is 0.537. The number of esters is 1. The van der Waals surface area contributed by atoms with Crippen molar-refractivity contribution in [3.05, 3.63) is 29.6 Å². The van der Waals surface area contributed by atoms with Crippen LogP contribution >= 0.6 is 0 Å². The minimum atomic E-state index is -0.361. The fourth-order valence-electron chi connectivity index (χ4n) is 0.932. The van der Waals surface area contributed by atoms with Gasteiger partial charge in [-0.1, -0.05) is 6.07 Å². The van der Waals surface area contributed by atoms with Crippen LogP contribution in [0.3, 0.4) is 0 Å². The average molecular weight is 193 g/mol. The second-order valence-corrected chi connectivity index (χ2v) is 2.85. The molecule has 0 N–H and O–H groups in total. The predicted octanol–water partition coefficient (Wildman–Crippen LogP) is 1.35. The third-order valence-corrected chi connectivity index (χ3v) is 1.59. The van der Waals surface area contributed by atoms with Crippen LogP contribution < -0.4 is 0 Å². The average Bonchev–Trinajstić information content (AvgIpc) is 2.15. The first-order valence-corrected chi connectivity index (χ1v) is 4.20. The van der Waals surface area contributed by atoms with E-state index in [2.05, 4.69) is 4.98 Å². The van der Waals surface area contributed by atoms with Gasteiger partial charge in [-0.15, -0.1) is 0 Å². The van der Waals surface area contributed by atoms with Crippen molar-refractivity contribution in [1.82, 2.24) is 4.98 Å². The minimum Gasteiger partial charge on any atom is -0.459 e. The molecule has 0 aliphatic heterocycles. The standard InChI is InChI=1S/C10H11NO3/c1-7(12)10-5-3-4-9(11-10)6-14-8(2)13/h3-5H,6H2,1-2H3. The highest BCUT2D eigenvalue weighted by molar-refractivity contribution is 5.92. The molecule has 0 bridgehead atoms. The van der Waals surface area contributed by atoms with Crippen molar-refractivity contribution in [2.45, 2.75) is 20.5 Å². The van der Waals surface area contributed by atoms with Gasteiger partial charge >= 0.3 is 5.97 Å². The zero-order chi connectivity index (χ0) is 10.6. The first-order valence-electron chi connectivity index (χ1n) is 4.20. The topological polar surface area (TPSA) is 56.3 Å². The molecule has 0 saturated carbocycles. The zero-order valence-corrected chi connectivity index (χ0v) is 8.11. The van der Waals surface area contributed by atoms with E-state index >= 15 is 0 Å². The van der Waals surface area contributed by atoms with Gasteiger partial charge in [0.15, 0.2) is 5.78 Å². The van der Waals surface area contributed by atoms with Crippen molar-refractivity contribution in [3.8, 4) is 0 Å². The molecule has 1 rings (SSSR count). The Labute approximate surface area is 81.9 Å². The van der Waals surface area contributed by atoms with E-state index in [1.165, 1.54) is 13.8 Å². The highest BCUT2D eigenvalue weighted by Gasteiger charge is 2.03. The van der Waals surface area contributed by atoms with Gasteiger partial charge in [-0.25, -0.2) is 4.98 Å². The number of nitrogens with zero attached hydrogens (tertiary/aromatic N) is 1. The van der Waals surface area contributed by atoms with E-state index < -0.39 is 0 Å². The summed E-state index contributed by atoms with van der Waals surface area (Å²) in [4.78, 5) is 25.5. The highest BCUT2D eigenvalue weighted by atomic mass is 16.5. The smallest absolute Gasteiger partial charge is 0.303 e. The molecule has 0 amide bonds. The van der Waals surface area contributed by atoms with E-state index in [4.69, 9.17) is 4.74 Å². The molecular weight excluding hydrogens is 182 g/mol. The van der Waals surface area contributed by atoms with Crippen LogP contribution in [0.4, 0.5) is 0 Å². The molecule has 4 heteroatoms. The molecule has 0 spiro atoms. The van der Waals surface area contributed by atoms with Crippen molar-refractivity contribution < 1.29 is 14.3 Å². The zero-order valence-electron chi connectivity index (χ0n) is 8.11. The van der Waals surface area contributed by atoms with Crippen LogP contribution in [0.25, 0.3) is 0 Å². The molecule has 1 aromatic heterocycles. The Morgan fingerprint density at radius 2 is 2.07 bits per heavy atom. The predicted molar refractivity (Wildman–Crippen MR) is 49.7 cm³/mol. The number of pyridine rings is 1. The molecule has 14 heavy (non-hydrogen) atoms. The summed E-state index contributed by atoms with van der Waals surface area (Å²) < 4.78 is 4.75. The summed E-state index contributed by atoms with van der Waals surface area (Å²) in [7, 11) is 0. The number of carbonyl (C=O) groups excluding carboxylic acids is 2. The lowest BCUT2D eigenvalue weighted by atomic mass is 10.2. The Balaban J connectivity index is 2.73. The first-order chi connectivity index (χ1) is 6.59. The summed E-state index contributed by atoms with van der Waals surface area (Å²) in [6.45, 7) is 2.88. The summed E-state index contributed by atoms with van der Waals surface area (Å²) in [6.07, 6.45) is 0. The summed E-state index contributed by atoms with van der Waals surface area (Å²) >= 11 is 0. The van der Waals surface area contributed by atoms with E-state index in [-0.39, 0.29) is 18.4 Å². The van der Waals surface area contributed by atoms with Gasteiger partial charge in [0.2, 0.25) is 0 Å². The first kappa shape index (κ1) is 10.4. The fourth-order valence-corrected chi connectivity index (χ4v) is 0.932. The summed E-state index contributed by atoms with van der Waals surface area (Å²) in [5, 5.41) is 0. The van der Waals surface area contributed by atoms with E-state index in [0.717, 1.165) is 0 Å². The molecule has 0 aliphatic carbocycles. The second-order valence-electron chi connectivity index (χ2n) is 2.85. The molecule has 0 aliphatic rings. The number of hydrogen-bond donors (Lipinski definition) is 0. The van der Waals surface area contributed by atoms with Crippen molar-refractivity contribution in [1.29, 1.82) is 0 Å². The second kappa shape index (κ2) is 4.50. The van der Waals surface area contributed by atoms with Gasteiger partial charge in [0, 0.05) is 13.8 Å². The maximum Gasteiger partial charge on any atom is 0.303 e. The largest absolute Gasteiger partial charge is 0.459 e. The lowest BCUT2D eigenvalue weighted by Gasteiger charge is -2.02. The monoisotopic (exact) mass is 193 g/mol. The van der Waals surface area contributed by atoms with Crippen LogP contribution in [0, 0.1) is 0 Å². The number of rotatable bonds is 3. The molecule has 1 heterocycles.